The minimum Gasteiger partial charge on any atom is -0.490 e. The third-order valence-electron chi connectivity index (χ3n) is 3.25. The number of unbranched alkanes of at least 4 members (excludes halogenated alkanes) is 3. The molecule has 0 amide bonds. The van der Waals surface area contributed by atoms with E-state index in [4.69, 9.17) is 14.3 Å². The fourth-order valence-electron chi connectivity index (χ4n) is 2.13. The summed E-state index contributed by atoms with van der Waals surface area (Å²) < 4.78 is 11.6. The fraction of sp³-hybridized carbons (Fsp3) is 0.375. The molecule has 0 spiro atoms. The molecule has 0 radical (unpaired) electrons. The molecule has 1 N–H and O–H groups in total. The number of carboxylic acid groups (broad SMARTS) is 1. The normalized spacial score (nSPS) is 10.8. The average Bonchev–Trinajstić information content (AvgIpc) is 2.46. The predicted molar refractivity (Wildman–Crippen MR) is 86.8 cm³/mol. The monoisotopic (exact) mass is 368 g/mol. The lowest BCUT2D eigenvalue weighted by molar-refractivity contribution is 0.0692. The molecule has 1 aromatic carbocycles. The van der Waals surface area contributed by atoms with Crippen LogP contribution >= 0.6 is 15.9 Å². The van der Waals surface area contributed by atoms with Crippen LogP contribution < -0.4 is 10.4 Å². The van der Waals surface area contributed by atoms with Gasteiger partial charge in [-0.2, -0.15) is 0 Å². The lowest BCUT2D eigenvalue weighted by Gasteiger charge is -2.09. The van der Waals surface area contributed by atoms with Gasteiger partial charge in [0.2, 0.25) is 0 Å². The zero-order valence-electron chi connectivity index (χ0n) is 12.2. The molecule has 2 aromatic rings. The smallest absolute Gasteiger partial charge is 0.351 e. The predicted octanol–water partition coefficient (Wildman–Crippen LogP) is 4.21. The van der Waals surface area contributed by atoms with Crippen LogP contribution in [0.15, 0.2) is 31.9 Å². The number of fused-ring (bicyclic) bond motifs is 1. The van der Waals surface area contributed by atoms with Gasteiger partial charge in [-0.1, -0.05) is 42.1 Å². The minimum absolute atomic E-state index is 0.272. The molecule has 5 nitrogen and oxygen atoms in total. The number of rotatable bonds is 7. The van der Waals surface area contributed by atoms with Crippen LogP contribution in [0.2, 0.25) is 0 Å². The fourth-order valence-corrected chi connectivity index (χ4v) is 2.59. The molecule has 118 valence electrons. The number of hydrogen-bond donors (Lipinski definition) is 1. The van der Waals surface area contributed by atoms with E-state index in [1.807, 2.05) is 0 Å². The van der Waals surface area contributed by atoms with Gasteiger partial charge < -0.3 is 14.3 Å². The maximum Gasteiger partial charge on any atom is 0.351 e. The lowest BCUT2D eigenvalue weighted by atomic mass is 10.1. The van der Waals surface area contributed by atoms with Crippen molar-refractivity contribution in [2.75, 3.05) is 6.61 Å². The molecule has 22 heavy (non-hydrogen) atoms. The SMILES string of the molecule is CCCCCCOc1cc(Br)cc2cc(C(=O)O)c(=O)oc12. The Hall–Kier alpha value is -1.82. The van der Waals surface area contributed by atoms with Crippen molar-refractivity contribution in [2.24, 2.45) is 0 Å². The van der Waals surface area contributed by atoms with E-state index in [9.17, 15) is 9.59 Å². The molecule has 1 aromatic heterocycles. The summed E-state index contributed by atoms with van der Waals surface area (Å²) in [6.07, 6.45) is 4.29. The van der Waals surface area contributed by atoms with Gasteiger partial charge in [0.25, 0.3) is 0 Å². The number of carbonyl (C=O) groups is 1. The Labute approximate surface area is 136 Å². The van der Waals surface area contributed by atoms with Crippen molar-refractivity contribution in [1.82, 2.24) is 0 Å². The molecule has 0 aliphatic heterocycles. The summed E-state index contributed by atoms with van der Waals surface area (Å²) >= 11 is 3.35. The molecular weight excluding hydrogens is 352 g/mol. The van der Waals surface area contributed by atoms with Crippen LogP contribution in [0.25, 0.3) is 11.0 Å². The highest BCUT2D eigenvalue weighted by molar-refractivity contribution is 9.10. The van der Waals surface area contributed by atoms with Gasteiger partial charge in [-0.3, -0.25) is 0 Å². The Balaban J connectivity index is 2.32. The van der Waals surface area contributed by atoms with Crippen molar-refractivity contribution in [3.8, 4) is 5.75 Å². The molecule has 6 heteroatoms. The van der Waals surface area contributed by atoms with Crippen molar-refractivity contribution < 1.29 is 19.1 Å². The number of hydrogen-bond acceptors (Lipinski definition) is 4. The quantitative estimate of drug-likeness (QED) is 0.584. The molecule has 0 aliphatic rings. The van der Waals surface area contributed by atoms with Gasteiger partial charge in [0, 0.05) is 9.86 Å². The van der Waals surface area contributed by atoms with Gasteiger partial charge in [-0.25, -0.2) is 9.59 Å². The van der Waals surface area contributed by atoms with E-state index in [0.717, 1.165) is 30.2 Å². The first kappa shape index (κ1) is 16.5. The maximum atomic E-state index is 11.7. The summed E-state index contributed by atoms with van der Waals surface area (Å²) in [7, 11) is 0. The van der Waals surface area contributed by atoms with E-state index in [0.29, 0.717) is 17.7 Å². The van der Waals surface area contributed by atoms with Crippen LogP contribution in [-0.2, 0) is 0 Å². The Morgan fingerprint density at radius 3 is 2.73 bits per heavy atom. The van der Waals surface area contributed by atoms with Crippen LogP contribution in [0.1, 0.15) is 43.0 Å². The van der Waals surface area contributed by atoms with Gasteiger partial charge in [0.05, 0.1) is 6.61 Å². The highest BCUT2D eigenvalue weighted by Gasteiger charge is 2.15. The van der Waals surface area contributed by atoms with Gasteiger partial charge >= 0.3 is 11.6 Å². The first-order valence-electron chi connectivity index (χ1n) is 7.16. The van der Waals surface area contributed by atoms with Crippen LogP contribution in [0, 0.1) is 0 Å². The largest absolute Gasteiger partial charge is 0.490 e. The lowest BCUT2D eigenvalue weighted by Crippen LogP contribution is -2.13. The summed E-state index contributed by atoms with van der Waals surface area (Å²) in [5.41, 5.74) is -0.994. The van der Waals surface area contributed by atoms with Gasteiger partial charge in [-0.15, -0.1) is 0 Å². The third kappa shape index (κ3) is 3.88. The Bertz CT molecular complexity index is 735. The molecule has 0 bridgehead atoms. The molecule has 0 saturated heterocycles. The second kappa shape index (κ2) is 7.45. The third-order valence-corrected chi connectivity index (χ3v) is 3.71. The number of aromatic carboxylic acids is 1. The van der Waals surface area contributed by atoms with E-state index in [2.05, 4.69) is 22.9 Å². The summed E-state index contributed by atoms with van der Waals surface area (Å²) in [4.78, 5) is 22.7. The highest BCUT2D eigenvalue weighted by Crippen LogP contribution is 2.30. The summed E-state index contributed by atoms with van der Waals surface area (Å²) in [6, 6.07) is 4.71. The second-order valence-corrected chi connectivity index (χ2v) is 5.90. The summed E-state index contributed by atoms with van der Waals surface area (Å²) in [6.45, 7) is 2.66. The van der Waals surface area contributed by atoms with E-state index in [1.165, 1.54) is 6.07 Å². The molecule has 2 rings (SSSR count). The number of halogens is 1. The Morgan fingerprint density at radius 2 is 2.05 bits per heavy atom. The molecule has 0 atom stereocenters. The second-order valence-electron chi connectivity index (χ2n) is 4.98. The summed E-state index contributed by atoms with van der Waals surface area (Å²) in [5.74, 6) is -0.868. The van der Waals surface area contributed by atoms with Crippen LogP contribution in [0.3, 0.4) is 0 Å². The van der Waals surface area contributed by atoms with Crippen molar-refractivity contribution in [3.05, 3.63) is 38.7 Å². The van der Waals surface area contributed by atoms with Crippen molar-refractivity contribution in [3.63, 3.8) is 0 Å². The van der Waals surface area contributed by atoms with Crippen molar-refractivity contribution >= 4 is 32.9 Å². The number of benzene rings is 1. The molecule has 0 fully saturated rings. The van der Waals surface area contributed by atoms with Crippen molar-refractivity contribution in [1.29, 1.82) is 0 Å². The minimum atomic E-state index is -1.31. The molecule has 0 saturated carbocycles. The topological polar surface area (TPSA) is 76.7 Å². The van der Waals surface area contributed by atoms with Crippen molar-refractivity contribution in [2.45, 2.75) is 32.6 Å². The molecule has 0 unspecified atom stereocenters. The van der Waals surface area contributed by atoms with Crippen LogP contribution in [-0.4, -0.2) is 17.7 Å². The first-order chi connectivity index (χ1) is 10.5. The van der Waals surface area contributed by atoms with Gasteiger partial charge in [0.15, 0.2) is 11.3 Å². The molecule has 0 aliphatic carbocycles. The van der Waals surface area contributed by atoms with E-state index in [1.54, 1.807) is 12.1 Å². The maximum absolute atomic E-state index is 11.7. The van der Waals surface area contributed by atoms with Gasteiger partial charge in [-0.05, 0) is 24.6 Å². The Kier molecular flexibility index (Phi) is 5.60. The number of carboxylic acids is 1. The summed E-state index contributed by atoms with van der Waals surface area (Å²) in [5, 5.41) is 9.49. The van der Waals surface area contributed by atoms with E-state index in [-0.39, 0.29) is 11.1 Å². The standard InChI is InChI=1S/C16H17BrO5/c1-2-3-4-5-6-21-13-9-11(17)7-10-8-12(15(18)19)16(20)22-14(10)13/h7-9H,2-6H2,1H3,(H,18,19). The van der Waals surface area contributed by atoms with E-state index >= 15 is 0 Å². The van der Waals surface area contributed by atoms with Crippen LogP contribution in [0.5, 0.6) is 5.75 Å². The zero-order valence-corrected chi connectivity index (χ0v) is 13.8. The first-order valence-corrected chi connectivity index (χ1v) is 7.95. The molecular formula is C16H17BrO5. The Morgan fingerprint density at radius 1 is 1.27 bits per heavy atom. The average molecular weight is 369 g/mol. The van der Waals surface area contributed by atoms with E-state index < -0.39 is 11.6 Å². The molecule has 1 heterocycles. The number of ether oxygens (including phenoxy) is 1. The van der Waals surface area contributed by atoms with Gasteiger partial charge in [0.1, 0.15) is 5.56 Å². The van der Waals surface area contributed by atoms with Crippen LogP contribution in [0.4, 0.5) is 0 Å². The highest BCUT2D eigenvalue weighted by atomic mass is 79.9. The zero-order chi connectivity index (χ0) is 16.1.